The van der Waals surface area contributed by atoms with E-state index in [1.165, 1.54) is 11.3 Å². The standard InChI is InChI=1S/C19H16N2O/c1-13-16(19(22)15-7-3-4-8-17(15)20-13)12-21-11-10-14-6-2-5-9-18(14)21/h2-9,12H,10-11H2,1H3/b16-12+. The molecule has 0 saturated carbocycles. The summed E-state index contributed by atoms with van der Waals surface area (Å²) in [5.74, 6) is 0.0625. The van der Waals surface area contributed by atoms with Crippen molar-refractivity contribution in [2.24, 2.45) is 4.99 Å². The Balaban J connectivity index is 1.77. The second-order valence-corrected chi connectivity index (χ2v) is 5.66. The number of nitrogens with zero attached hydrogens (tertiary/aromatic N) is 2. The summed E-state index contributed by atoms with van der Waals surface area (Å²) < 4.78 is 0. The number of allylic oxidation sites excluding steroid dienone is 1. The van der Waals surface area contributed by atoms with Gasteiger partial charge in [-0.3, -0.25) is 9.79 Å². The SMILES string of the molecule is CC1=Nc2ccccc2C(=O)/C1=C/N1CCc2ccccc21. The van der Waals surface area contributed by atoms with Gasteiger partial charge in [0.1, 0.15) is 0 Å². The van der Waals surface area contributed by atoms with Gasteiger partial charge in [-0.1, -0.05) is 30.3 Å². The predicted molar refractivity (Wildman–Crippen MR) is 89.1 cm³/mol. The van der Waals surface area contributed by atoms with Gasteiger partial charge in [-0.25, -0.2) is 0 Å². The number of hydrogen-bond acceptors (Lipinski definition) is 3. The molecule has 2 aromatic carbocycles. The number of carbonyl (C=O) groups is 1. The monoisotopic (exact) mass is 288 g/mol. The number of benzene rings is 2. The molecular formula is C19H16N2O. The van der Waals surface area contributed by atoms with Gasteiger partial charge in [0.25, 0.3) is 0 Å². The van der Waals surface area contributed by atoms with Crippen LogP contribution in [0.4, 0.5) is 11.4 Å². The molecule has 2 aliphatic heterocycles. The molecule has 22 heavy (non-hydrogen) atoms. The maximum atomic E-state index is 12.8. The minimum absolute atomic E-state index is 0.0625. The molecule has 0 unspecified atom stereocenters. The summed E-state index contributed by atoms with van der Waals surface area (Å²) in [4.78, 5) is 19.5. The number of hydrogen-bond donors (Lipinski definition) is 0. The zero-order valence-electron chi connectivity index (χ0n) is 12.4. The average molecular weight is 288 g/mol. The van der Waals surface area contributed by atoms with Gasteiger partial charge < -0.3 is 4.90 Å². The van der Waals surface area contributed by atoms with Crippen molar-refractivity contribution < 1.29 is 4.79 Å². The number of Topliss-reactive ketones (excluding diaryl/α,β-unsaturated/α-hetero) is 1. The van der Waals surface area contributed by atoms with Crippen LogP contribution in [-0.4, -0.2) is 18.0 Å². The topological polar surface area (TPSA) is 32.7 Å². The molecule has 0 spiro atoms. The van der Waals surface area contributed by atoms with E-state index >= 15 is 0 Å². The highest BCUT2D eigenvalue weighted by molar-refractivity contribution is 6.31. The van der Waals surface area contributed by atoms with E-state index in [4.69, 9.17) is 0 Å². The average Bonchev–Trinajstić information content (AvgIpc) is 2.95. The first-order valence-corrected chi connectivity index (χ1v) is 7.50. The Hall–Kier alpha value is -2.68. The minimum Gasteiger partial charge on any atom is -0.347 e. The normalized spacial score (nSPS) is 18.2. The van der Waals surface area contributed by atoms with E-state index in [-0.39, 0.29) is 5.78 Å². The van der Waals surface area contributed by atoms with Crippen molar-refractivity contribution in [2.75, 3.05) is 11.4 Å². The summed E-state index contributed by atoms with van der Waals surface area (Å²) in [5, 5.41) is 0. The van der Waals surface area contributed by atoms with Crippen molar-refractivity contribution in [1.29, 1.82) is 0 Å². The molecule has 0 atom stereocenters. The van der Waals surface area contributed by atoms with E-state index in [9.17, 15) is 4.79 Å². The molecule has 2 aliphatic rings. The summed E-state index contributed by atoms with van der Waals surface area (Å²) >= 11 is 0. The van der Waals surface area contributed by atoms with Crippen LogP contribution in [0.2, 0.25) is 0 Å². The number of ketones is 1. The van der Waals surface area contributed by atoms with Gasteiger partial charge in [0.15, 0.2) is 5.78 Å². The molecule has 0 N–H and O–H groups in total. The van der Waals surface area contributed by atoms with Crippen molar-refractivity contribution in [3.05, 3.63) is 71.4 Å². The van der Waals surface area contributed by atoms with E-state index in [0.29, 0.717) is 11.1 Å². The minimum atomic E-state index is 0.0625. The molecule has 108 valence electrons. The summed E-state index contributed by atoms with van der Waals surface area (Å²) in [6.45, 7) is 2.81. The third-order valence-electron chi connectivity index (χ3n) is 4.28. The van der Waals surface area contributed by atoms with Gasteiger partial charge in [0.2, 0.25) is 0 Å². The number of fused-ring (bicyclic) bond motifs is 2. The van der Waals surface area contributed by atoms with Crippen molar-refractivity contribution in [3.8, 4) is 0 Å². The number of anilines is 1. The Kier molecular flexibility index (Phi) is 2.93. The number of carbonyl (C=O) groups excluding carboxylic acids is 1. The fraction of sp³-hybridized carbons (Fsp3) is 0.158. The highest BCUT2D eigenvalue weighted by Crippen LogP contribution is 2.31. The molecule has 0 amide bonds. The number of rotatable bonds is 1. The summed E-state index contributed by atoms with van der Waals surface area (Å²) in [7, 11) is 0. The molecule has 3 heteroatoms. The third kappa shape index (κ3) is 1.98. The van der Waals surface area contributed by atoms with Crippen LogP contribution in [0, 0.1) is 0 Å². The lowest BCUT2D eigenvalue weighted by atomic mass is 9.96. The largest absolute Gasteiger partial charge is 0.347 e. The lowest BCUT2D eigenvalue weighted by Gasteiger charge is -2.20. The Morgan fingerprint density at radius 2 is 1.86 bits per heavy atom. The molecule has 0 saturated heterocycles. The Labute approximate surface area is 129 Å². The Morgan fingerprint density at radius 1 is 1.09 bits per heavy atom. The van der Waals surface area contributed by atoms with Crippen molar-refractivity contribution >= 4 is 22.9 Å². The molecule has 0 fully saturated rings. The second kappa shape index (κ2) is 4.95. The van der Waals surface area contributed by atoms with Crippen LogP contribution >= 0.6 is 0 Å². The van der Waals surface area contributed by atoms with Gasteiger partial charge >= 0.3 is 0 Å². The number of para-hydroxylation sites is 2. The van der Waals surface area contributed by atoms with Crippen LogP contribution < -0.4 is 4.90 Å². The summed E-state index contributed by atoms with van der Waals surface area (Å²) in [5.41, 5.74) is 5.45. The Bertz CT molecular complexity index is 833. The van der Waals surface area contributed by atoms with E-state index < -0.39 is 0 Å². The van der Waals surface area contributed by atoms with Crippen LogP contribution in [0.3, 0.4) is 0 Å². The van der Waals surface area contributed by atoms with Crippen molar-refractivity contribution in [1.82, 2.24) is 0 Å². The molecule has 2 aromatic rings. The molecule has 0 radical (unpaired) electrons. The first-order valence-electron chi connectivity index (χ1n) is 7.50. The van der Waals surface area contributed by atoms with Crippen molar-refractivity contribution in [2.45, 2.75) is 13.3 Å². The lowest BCUT2D eigenvalue weighted by molar-refractivity contribution is 0.103. The van der Waals surface area contributed by atoms with Crippen LogP contribution in [0.25, 0.3) is 0 Å². The van der Waals surface area contributed by atoms with Crippen LogP contribution in [0.5, 0.6) is 0 Å². The molecule has 0 aliphatic carbocycles. The zero-order valence-corrected chi connectivity index (χ0v) is 12.4. The van der Waals surface area contributed by atoms with E-state index in [2.05, 4.69) is 28.1 Å². The van der Waals surface area contributed by atoms with Gasteiger partial charge in [-0.05, 0) is 37.1 Å². The zero-order chi connectivity index (χ0) is 15.1. The van der Waals surface area contributed by atoms with Gasteiger partial charge in [-0.2, -0.15) is 0 Å². The molecule has 0 bridgehead atoms. The van der Waals surface area contributed by atoms with Crippen LogP contribution in [-0.2, 0) is 6.42 Å². The second-order valence-electron chi connectivity index (χ2n) is 5.66. The highest BCUT2D eigenvalue weighted by Gasteiger charge is 2.25. The first-order chi connectivity index (χ1) is 10.7. The Morgan fingerprint density at radius 3 is 2.77 bits per heavy atom. The van der Waals surface area contributed by atoms with E-state index in [1.807, 2.05) is 43.5 Å². The quantitative estimate of drug-likeness (QED) is 0.745. The first kappa shape index (κ1) is 13.0. The lowest BCUT2D eigenvalue weighted by Crippen LogP contribution is -2.21. The maximum Gasteiger partial charge on any atom is 0.198 e. The van der Waals surface area contributed by atoms with Crippen LogP contribution in [0.15, 0.2) is 65.3 Å². The van der Waals surface area contributed by atoms with Gasteiger partial charge in [-0.15, -0.1) is 0 Å². The summed E-state index contributed by atoms with van der Waals surface area (Å²) in [6.07, 6.45) is 2.98. The molecule has 3 nitrogen and oxygen atoms in total. The molecule has 4 rings (SSSR count). The van der Waals surface area contributed by atoms with E-state index in [0.717, 1.165) is 24.4 Å². The van der Waals surface area contributed by atoms with Crippen molar-refractivity contribution in [3.63, 3.8) is 0 Å². The van der Waals surface area contributed by atoms with Gasteiger partial charge in [0.05, 0.1) is 17.0 Å². The van der Waals surface area contributed by atoms with Gasteiger partial charge in [0, 0.05) is 24.0 Å². The maximum absolute atomic E-state index is 12.8. The number of aliphatic imine (C=N–C) groups is 1. The fourth-order valence-corrected chi connectivity index (χ4v) is 3.12. The smallest absolute Gasteiger partial charge is 0.198 e. The predicted octanol–water partition coefficient (Wildman–Crippen LogP) is 3.92. The van der Waals surface area contributed by atoms with E-state index in [1.54, 1.807) is 0 Å². The highest BCUT2D eigenvalue weighted by atomic mass is 16.1. The summed E-state index contributed by atoms with van der Waals surface area (Å²) in [6, 6.07) is 15.9. The molecule has 2 heterocycles. The molecular weight excluding hydrogens is 272 g/mol. The van der Waals surface area contributed by atoms with Crippen LogP contribution in [0.1, 0.15) is 22.8 Å². The fourth-order valence-electron chi connectivity index (χ4n) is 3.12. The third-order valence-corrected chi connectivity index (χ3v) is 4.28. The molecule has 0 aromatic heterocycles.